The van der Waals surface area contributed by atoms with Crippen molar-refractivity contribution in [2.75, 3.05) is 13.2 Å². The van der Waals surface area contributed by atoms with Gasteiger partial charge in [-0.25, -0.2) is 4.98 Å². The van der Waals surface area contributed by atoms with Crippen molar-refractivity contribution in [3.8, 4) is 0 Å². The average Bonchev–Trinajstić information content (AvgIpc) is 3.12. The van der Waals surface area contributed by atoms with Gasteiger partial charge in [0.15, 0.2) is 5.82 Å². The summed E-state index contributed by atoms with van der Waals surface area (Å²) in [7, 11) is 0. The zero-order valence-electron chi connectivity index (χ0n) is 10.0. The van der Waals surface area contributed by atoms with Crippen LogP contribution in [0, 0.1) is 0 Å². The van der Waals surface area contributed by atoms with Crippen molar-refractivity contribution in [1.29, 1.82) is 0 Å². The second kappa shape index (κ2) is 5.26. The maximum absolute atomic E-state index is 5.31. The summed E-state index contributed by atoms with van der Waals surface area (Å²) < 4.78 is 12.3. The van der Waals surface area contributed by atoms with Gasteiger partial charge in [-0.3, -0.25) is 4.68 Å². The first kappa shape index (κ1) is 11.3. The maximum Gasteiger partial charge on any atom is 0.226 e. The van der Waals surface area contributed by atoms with Crippen LogP contribution in [0.5, 0.6) is 0 Å². The molecule has 0 saturated carbocycles. The fraction of sp³-hybridized carbons (Fsp3) is 0.636. The molecular formula is C11H15N5O2. The molecule has 2 aromatic rings. The maximum atomic E-state index is 5.31. The van der Waals surface area contributed by atoms with E-state index < -0.39 is 0 Å². The number of ether oxygens (including phenoxy) is 1. The highest BCUT2D eigenvalue weighted by Crippen LogP contribution is 2.22. The molecule has 1 aliphatic rings. The van der Waals surface area contributed by atoms with Crippen LogP contribution in [0.1, 0.15) is 30.5 Å². The summed E-state index contributed by atoms with van der Waals surface area (Å²) in [5.41, 5.74) is 0. The number of nitrogens with zero attached hydrogens (tertiary/aromatic N) is 5. The van der Waals surface area contributed by atoms with Crippen molar-refractivity contribution < 1.29 is 9.26 Å². The first-order valence-corrected chi connectivity index (χ1v) is 6.14. The van der Waals surface area contributed by atoms with E-state index in [1.165, 1.54) is 6.33 Å². The van der Waals surface area contributed by atoms with E-state index in [1.54, 1.807) is 11.0 Å². The Hall–Kier alpha value is -1.76. The van der Waals surface area contributed by atoms with Gasteiger partial charge in [0.1, 0.15) is 12.7 Å². The van der Waals surface area contributed by atoms with E-state index in [0.29, 0.717) is 18.4 Å². The second-order valence-corrected chi connectivity index (χ2v) is 4.37. The summed E-state index contributed by atoms with van der Waals surface area (Å²) in [6.07, 6.45) is 5.89. The standard InChI is InChI=1S/C11H15N5O2/c1(4-16-8-12-7-13-16)2-10-14-11(15-18-10)9-3-5-17-6-9/h7-9H,1-6H2/t9-/m0/s1. The van der Waals surface area contributed by atoms with Gasteiger partial charge in [-0.05, 0) is 12.8 Å². The molecule has 18 heavy (non-hydrogen) atoms. The molecule has 0 aromatic carbocycles. The molecule has 1 fully saturated rings. The molecule has 0 bridgehead atoms. The number of hydrogen-bond donors (Lipinski definition) is 0. The Morgan fingerprint density at radius 3 is 3.22 bits per heavy atom. The Morgan fingerprint density at radius 2 is 2.44 bits per heavy atom. The van der Waals surface area contributed by atoms with Gasteiger partial charge in [0.2, 0.25) is 5.89 Å². The second-order valence-electron chi connectivity index (χ2n) is 4.37. The highest BCUT2D eigenvalue weighted by atomic mass is 16.5. The van der Waals surface area contributed by atoms with E-state index in [2.05, 4.69) is 20.2 Å². The quantitative estimate of drug-likeness (QED) is 0.779. The van der Waals surface area contributed by atoms with Gasteiger partial charge < -0.3 is 9.26 Å². The molecule has 0 N–H and O–H groups in total. The molecule has 1 atom stereocenters. The van der Waals surface area contributed by atoms with E-state index in [0.717, 1.165) is 38.2 Å². The van der Waals surface area contributed by atoms with Crippen LogP contribution in [0.3, 0.4) is 0 Å². The Bertz CT molecular complexity index is 475. The Balaban J connectivity index is 1.50. The molecule has 3 rings (SSSR count). The average molecular weight is 249 g/mol. The molecule has 0 unspecified atom stereocenters. The van der Waals surface area contributed by atoms with Crippen LogP contribution < -0.4 is 0 Å². The first-order valence-electron chi connectivity index (χ1n) is 6.14. The van der Waals surface area contributed by atoms with Crippen molar-refractivity contribution in [2.45, 2.75) is 31.7 Å². The molecule has 1 aliphatic heterocycles. The Morgan fingerprint density at radius 1 is 1.44 bits per heavy atom. The zero-order valence-corrected chi connectivity index (χ0v) is 10.0. The van der Waals surface area contributed by atoms with Crippen LogP contribution in [0.25, 0.3) is 0 Å². The van der Waals surface area contributed by atoms with Gasteiger partial charge in [0.05, 0.1) is 6.61 Å². The summed E-state index contributed by atoms with van der Waals surface area (Å²) in [6.45, 7) is 2.31. The van der Waals surface area contributed by atoms with Gasteiger partial charge >= 0.3 is 0 Å². The fourth-order valence-electron chi connectivity index (χ4n) is 2.01. The molecule has 7 heteroatoms. The first-order chi connectivity index (χ1) is 8.92. The smallest absolute Gasteiger partial charge is 0.226 e. The van der Waals surface area contributed by atoms with Gasteiger partial charge in [-0.15, -0.1) is 0 Å². The molecule has 0 amide bonds. The lowest BCUT2D eigenvalue weighted by Gasteiger charge is -1.98. The third-order valence-corrected chi connectivity index (χ3v) is 3.02. The predicted molar refractivity (Wildman–Crippen MR) is 60.8 cm³/mol. The normalized spacial score (nSPS) is 19.4. The fourth-order valence-corrected chi connectivity index (χ4v) is 2.01. The molecule has 0 radical (unpaired) electrons. The molecule has 96 valence electrons. The number of aryl methyl sites for hydroxylation is 2. The molecule has 0 aliphatic carbocycles. The lowest BCUT2D eigenvalue weighted by Crippen LogP contribution is -2.01. The highest BCUT2D eigenvalue weighted by molar-refractivity contribution is 4.97. The zero-order chi connectivity index (χ0) is 12.2. The van der Waals surface area contributed by atoms with E-state index >= 15 is 0 Å². The molecule has 0 spiro atoms. The van der Waals surface area contributed by atoms with Crippen LogP contribution in [-0.2, 0) is 17.7 Å². The van der Waals surface area contributed by atoms with Crippen LogP contribution >= 0.6 is 0 Å². The summed E-state index contributed by atoms with van der Waals surface area (Å²) in [4.78, 5) is 8.30. The number of hydrogen-bond acceptors (Lipinski definition) is 6. The van der Waals surface area contributed by atoms with Crippen molar-refractivity contribution in [2.24, 2.45) is 0 Å². The van der Waals surface area contributed by atoms with E-state index in [4.69, 9.17) is 9.26 Å². The summed E-state index contributed by atoms with van der Waals surface area (Å²) in [5, 5.41) is 8.05. The Labute approximate surface area is 104 Å². The van der Waals surface area contributed by atoms with Gasteiger partial charge in [0, 0.05) is 25.5 Å². The molecule has 2 aromatic heterocycles. The lowest BCUT2D eigenvalue weighted by atomic mass is 10.1. The minimum Gasteiger partial charge on any atom is -0.381 e. The van der Waals surface area contributed by atoms with Crippen LogP contribution in [0.2, 0.25) is 0 Å². The molecule has 7 nitrogen and oxygen atoms in total. The minimum atomic E-state index is 0.304. The summed E-state index contributed by atoms with van der Waals surface area (Å²) in [6, 6.07) is 0. The molecule has 1 saturated heterocycles. The summed E-state index contributed by atoms with van der Waals surface area (Å²) in [5.74, 6) is 1.78. The van der Waals surface area contributed by atoms with Crippen molar-refractivity contribution >= 4 is 0 Å². The predicted octanol–water partition coefficient (Wildman–Crippen LogP) is 0.798. The van der Waals surface area contributed by atoms with Crippen LogP contribution in [0.15, 0.2) is 17.2 Å². The van der Waals surface area contributed by atoms with Gasteiger partial charge in [-0.2, -0.15) is 10.1 Å². The minimum absolute atomic E-state index is 0.304. The van der Waals surface area contributed by atoms with E-state index in [-0.39, 0.29) is 0 Å². The highest BCUT2D eigenvalue weighted by Gasteiger charge is 2.22. The third kappa shape index (κ3) is 2.56. The monoisotopic (exact) mass is 249 g/mol. The van der Waals surface area contributed by atoms with Crippen LogP contribution in [0.4, 0.5) is 0 Å². The van der Waals surface area contributed by atoms with Crippen molar-refractivity contribution in [3.63, 3.8) is 0 Å². The number of aromatic nitrogens is 5. The van der Waals surface area contributed by atoms with Crippen molar-refractivity contribution in [3.05, 3.63) is 24.4 Å². The van der Waals surface area contributed by atoms with Crippen LogP contribution in [-0.4, -0.2) is 38.1 Å². The lowest BCUT2D eigenvalue weighted by molar-refractivity contribution is 0.192. The number of rotatable bonds is 5. The van der Waals surface area contributed by atoms with E-state index in [9.17, 15) is 0 Å². The van der Waals surface area contributed by atoms with Gasteiger partial charge in [-0.1, -0.05) is 5.16 Å². The summed E-state index contributed by atoms with van der Waals surface area (Å²) >= 11 is 0. The third-order valence-electron chi connectivity index (χ3n) is 3.02. The van der Waals surface area contributed by atoms with Gasteiger partial charge in [0.25, 0.3) is 0 Å². The SMILES string of the molecule is c1ncn(CCCc2nc([C@H]3CCOC3)no2)n1. The molecule has 3 heterocycles. The largest absolute Gasteiger partial charge is 0.381 e. The topological polar surface area (TPSA) is 78.9 Å². The van der Waals surface area contributed by atoms with Crippen molar-refractivity contribution in [1.82, 2.24) is 24.9 Å². The molecular weight excluding hydrogens is 234 g/mol. The van der Waals surface area contributed by atoms with E-state index in [1.807, 2.05) is 0 Å². The Kier molecular flexibility index (Phi) is 3.31.